The molecule has 10 heteroatoms. The first-order chi connectivity index (χ1) is 17.0. The van der Waals surface area contributed by atoms with Crippen LogP contribution in [0.3, 0.4) is 0 Å². The van der Waals surface area contributed by atoms with E-state index in [1.807, 2.05) is 0 Å². The van der Waals surface area contributed by atoms with Gasteiger partial charge in [0.1, 0.15) is 11.9 Å². The molecule has 3 aromatic carbocycles. The molecule has 1 unspecified atom stereocenters. The summed E-state index contributed by atoms with van der Waals surface area (Å²) in [7, 11) is -3.58. The van der Waals surface area contributed by atoms with Crippen LogP contribution in [0.2, 0.25) is 5.02 Å². The Morgan fingerprint density at radius 3 is 2.33 bits per heavy atom. The van der Waals surface area contributed by atoms with E-state index in [0.29, 0.717) is 16.3 Å². The number of anilines is 2. The van der Waals surface area contributed by atoms with E-state index in [9.17, 15) is 18.0 Å². The molecule has 0 aliphatic carbocycles. The van der Waals surface area contributed by atoms with Gasteiger partial charge in [0.15, 0.2) is 9.84 Å². The molecule has 0 spiro atoms. The molecule has 3 amide bonds. The Labute approximate surface area is 213 Å². The highest BCUT2D eigenvalue weighted by molar-refractivity contribution is 7.90. The molecule has 3 aromatic rings. The second kappa shape index (κ2) is 10.1. The molecule has 186 valence electrons. The Balaban J connectivity index is 1.51. The Kier molecular flexibility index (Phi) is 7.14. The van der Waals surface area contributed by atoms with Crippen LogP contribution in [-0.4, -0.2) is 44.1 Å². The van der Waals surface area contributed by atoms with Crippen LogP contribution in [0.5, 0.6) is 0 Å². The predicted octanol–water partition coefficient (Wildman–Crippen LogP) is 5.35. The van der Waals surface area contributed by atoms with E-state index in [0.717, 1.165) is 12.3 Å². The Morgan fingerprint density at radius 2 is 1.67 bits per heavy atom. The van der Waals surface area contributed by atoms with Crippen molar-refractivity contribution in [2.45, 2.75) is 17.4 Å². The van der Waals surface area contributed by atoms with Gasteiger partial charge in [-0.05, 0) is 55.0 Å². The highest BCUT2D eigenvalue weighted by Crippen LogP contribution is 2.31. The number of nitrogens with zero attached hydrogens (tertiary/aromatic N) is 1. The van der Waals surface area contributed by atoms with E-state index in [-0.39, 0.29) is 34.7 Å². The van der Waals surface area contributed by atoms with Gasteiger partial charge in [0.05, 0.1) is 4.90 Å². The van der Waals surface area contributed by atoms with Crippen LogP contribution < -0.4 is 10.6 Å². The van der Waals surface area contributed by atoms with Crippen molar-refractivity contribution < 1.29 is 22.4 Å². The quantitative estimate of drug-likeness (QED) is 0.437. The van der Waals surface area contributed by atoms with Crippen molar-refractivity contribution in [3.05, 3.63) is 89.7 Å². The zero-order valence-corrected chi connectivity index (χ0v) is 20.9. The van der Waals surface area contributed by atoms with Gasteiger partial charge in [-0.2, -0.15) is 0 Å². The summed E-state index contributed by atoms with van der Waals surface area (Å²) in [5.74, 6) is -1.19. The topological polar surface area (TPSA) is 95.6 Å². The number of carbonyl (C=O) groups is 2. The van der Waals surface area contributed by atoms with Crippen molar-refractivity contribution in [1.82, 2.24) is 4.90 Å². The first-order valence-corrected chi connectivity index (χ1v) is 13.2. The maximum Gasteiger partial charge on any atom is 0.322 e. The van der Waals surface area contributed by atoms with Gasteiger partial charge >= 0.3 is 6.03 Å². The molecule has 0 radical (unpaired) electrons. The zero-order chi connectivity index (χ0) is 26.0. The van der Waals surface area contributed by atoms with Crippen molar-refractivity contribution >= 4 is 44.8 Å². The summed E-state index contributed by atoms with van der Waals surface area (Å²) in [5, 5.41) is 5.90. The average Bonchev–Trinajstić information content (AvgIpc) is 3.22. The summed E-state index contributed by atoms with van der Waals surface area (Å²) in [6, 6.07) is 15.4. The summed E-state index contributed by atoms with van der Waals surface area (Å²) >= 11 is 5.88. The van der Waals surface area contributed by atoms with Gasteiger partial charge in [-0.3, -0.25) is 4.79 Å². The fraction of sp³-hybridized carbons (Fsp3) is 0.154. The molecule has 7 nitrogen and oxygen atoms in total. The fourth-order valence-corrected chi connectivity index (χ4v) is 5.05. The zero-order valence-electron chi connectivity index (χ0n) is 19.3. The molecular weight excluding hydrogens is 505 g/mol. The summed E-state index contributed by atoms with van der Waals surface area (Å²) in [4.78, 5) is 27.2. The molecule has 1 aliphatic rings. The van der Waals surface area contributed by atoms with Crippen LogP contribution in [0.25, 0.3) is 11.1 Å². The number of benzene rings is 3. The van der Waals surface area contributed by atoms with Crippen LogP contribution in [0, 0.1) is 5.82 Å². The Morgan fingerprint density at radius 1 is 1.00 bits per heavy atom. The third-order valence-electron chi connectivity index (χ3n) is 5.72. The second-order valence-corrected chi connectivity index (χ2v) is 10.9. The maximum atomic E-state index is 15.0. The van der Waals surface area contributed by atoms with Crippen LogP contribution in [0.1, 0.15) is 6.42 Å². The molecular formula is C26H23ClFN3O4S. The Hall–Kier alpha value is -3.69. The minimum atomic E-state index is -3.58. The molecule has 1 heterocycles. The van der Waals surface area contributed by atoms with Crippen LogP contribution >= 0.6 is 11.6 Å². The van der Waals surface area contributed by atoms with E-state index >= 15 is 4.39 Å². The third-order valence-corrected chi connectivity index (χ3v) is 7.13. The number of sulfone groups is 1. The smallest absolute Gasteiger partial charge is 0.322 e. The Bertz CT molecular complexity index is 1460. The van der Waals surface area contributed by atoms with Gasteiger partial charge in [0.25, 0.3) is 0 Å². The van der Waals surface area contributed by atoms with Crippen LogP contribution in [-0.2, 0) is 14.6 Å². The van der Waals surface area contributed by atoms with E-state index in [4.69, 9.17) is 11.6 Å². The van der Waals surface area contributed by atoms with E-state index in [1.165, 1.54) is 29.2 Å². The average molecular weight is 528 g/mol. The summed E-state index contributed by atoms with van der Waals surface area (Å²) in [6.45, 7) is 4.11. The third kappa shape index (κ3) is 5.58. The molecule has 4 rings (SSSR count). The minimum absolute atomic E-state index is 0.00694. The first kappa shape index (κ1) is 25.4. The molecule has 0 aromatic heterocycles. The molecule has 1 saturated heterocycles. The lowest BCUT2D eigenvalue weighted by molar-refractivity contribution is -0.119. The van der Waals surface area contributed by atoms with Gasteiger partial charge in [0.2, 0.25) is 5.91 Å². The number of amides is 3. The number of hydrogen-bond donors (Lipinski definition) is 2. The van der Waals surface area contributed by atoms with Gasteiger partial charge in [0, 0.05) is 40.3 Å². The SMILES string of the molecule is C=C1CC(C(=O)Nc2ccc(-c3ccccc3S(C)(=O)=O)c(F)c2)N(C(=O)Nc2ccc(Cl)cc2)C1. The summed E-state index contributed by atoms with van der Waals surface area (Å²) < 4.78 is 39.2. The lowest BCUT2D eigenvalue weighted by Gasteiger charge is -2.24. The minimum Gasteiger partial charge on any atom is -0.324 e. The van der Waals surface area contributed by atoms with Crippen molar-refractivity contribution in [2.75, 3.05) is 23.4 Å². The first-order valence-electron chi connectivity index (χ1n) is 10.9. The molecule has 1 atom stereocenters. The number of urea groups is 1. The highest BCUT2D eigenvalue weighted by Gasteiger charge is 2.36. The molecule has 0 saturated carbocycles. The number of carbonyl (C=O) groups excluding carboxylic acids is 2. The van der Waals surface area contributed by atoms with Gasteiger partial charge < -0.3 is 15.5 Å². The second-order valence-electron chi connectivity index (χ2n) is 8.49. The number of likely N-dealkylation sites (tertiary alicyclic amines) is 1. The normalized spacial score (nSPS) is 15.6. The molecule has 1 aliphatic heterocycles. The summed E-state index contributed by atoms with van der Waals surface area (Å²) in [5.41, 5.74) is 1.72. The van der Waals surface area contributed by atoms with Gasteiger partial charge in [-0.15, -0.1) is 0 Å². The predicted molar refractivity (Wildman–Crippen MR) is 138 cm³/mol. The summed E-state index contributed by atoms with van der Waals surface area (Å²) in [6.07, 6.45) is 1.32. The molecule has 2 N–H and O–H groups in total. The molecule has 36 heavy (non-hydrogen) atoms. The van der Waals surface area contributed by atoms with E-state index < -0.39 is 33.6 Å². The van der Waals surface area contributed by atoms with Crippen molar-refractivity contribution in [1.29, 1.82) is 0 Å². The van der Waals surface area contributed by atoms with E-state index in [2.05, 4.69) is 17.2 Å². The molecule has 0 bridgehead atoms. The van der Waals surface area contributed by atoms with Gasteiger partial charge in [-0.1, -0.05) is 42.0 Å². The van der Waals surface area contributed by atoms with Gasteiger partial charge in [-0.25, -0.2) is 17.6 Å². The number of nitrogens with one attached hydrogen (secondary N) is 2. The highest BCUT2D eigenvalue weighted by atomic mass is 35.5. The monoisotopic (exact) mass is 527 g/mol. The largest absolute Gasteiger partial charge is 0.324 e. The van der Waals surface area contributed by atoms with Crippen molar-refractivity contribution in [3.8, 4) is 11.1 Å². The van der Waals surface area contributed by atoms with Crippen molar-refractivity contribution in [2.24, 2.45) is 0 Å². The van der Waals surface area contributed by atoms with Crippen LogP contribution in [0.15, 0.2) is 83.8 Å². The van der Waals surface area contributed by atoms with E-state index in [1.54, 1.807) is 36.4 Å². The lowest BCUT2D eigenvalue weighted by Crippen LogP contribution is -2.45. The lowest BCUT2D eigenvalue weighted by atomic mass is 10.0. The van der Waals surface area contributed by atoms with Crippen molar-refractivity contribution in [3.63, 3.8) is 0 Å². The number of rotatable bonds is 5. The van der Waals surface area contributed by atoms with Crippen LogP contribution in [0.4, 0.5) is 20.6 Å². The maximum absolute atomic E-state index is 15.0. The molecule has 1 fully saturated rings. The fourth-order valence-electron chi connectivity index (χ4n) is 4.02. The number of hydrogen-bond acceptors (Lipinski definition) is 4. The number of halogens is 2. The standard InChI is InChI=1S/C26H23ClFN3O4S/c1-16-13-23(31(15-16)26(33)30-18-9-7-17(27)8-10-18)25(32)29-19-11-12-20(22(28)14-19)21-5-3-4-6-24(21)36(2,34)35/h3-12,14,23H,1,13,15H2,2H3,(H,29,32)(H,30,33).